The van der Waals surface area contributed by atoms with Gasteiger partial charge in [0.25, 0.3) is 5.91 Å². The van der Waals surface area contributed by atoms with E-state index in [4.69, 9.17) is 4.74 Å². The van der Waals surface area contributed by atoms with E-state index in [1.807, 2.05) is 36.4 Å². The Morgan fingerprint density at radius 1 is 1.06 bits per heavy atom. The van der Waals surface area contributed by atoms with Crippen molar-refractivity contribution in [2.75, 3.05) is 25.0 Å². The molecule has 6 nitrogen and oxygen atoms in total. The fourth-order valence-corrected chi connectivity index (χ4v) is 4.29. The van der Waals surface area contributed by atoms with E-state index >= 15 is 0 Å². The molecule has 4 rings (SSSR count). The number of rotatable bonds is 6. The van der Waals surface area contributed by atoms with Gasteiger partial charge < -0.3 is 15.4 Å². The third-order valence-corrected chi connectivity index (χ3v) is 6.29. The molecule has 31 heavy (non-hydrogen) atoms. The molecule has 0 aromatic heterocycles. The van der Waals surface area contributed by atoms with Crippen molar-refractivity contribution in [1.82, 2.24) is 10.2 Å². The third-order valence-electron chi connectivity index (χ3n) is 6.29. The lowest BCUT2D eigenvalue weighted by molar-refractivity contribution is -0.117. The van der Waals surface area contributed by atoms with Crippen molar-refractivity contribution in [2.45, 2.75) is 58.3 Å². The molecule has 6 heteroatoms. The summed E-state index contributed by atoms with van der Waals surface area (Å²) in [6.45, 7) is 10.6. The number of ether oxygens (including phenoxy) is 1. The highest BCUT2D eigenvalue weighted by Gasteiger charge is 2.34. The maximum Gasteiger partial charge on any atom is 0.253 e. The summed E-state index contributed by atoms with van der Waals surface area (Å²) in [5.41, 5.74) is 0.877. The average Bonchev–Trinajstić information content (AvgIpc) is 3.56. The fraction of sp³-hybridized carbons (Fsp3) is 0.520. The van der Waals surface area contributed by atoms with Crippen LogP contribution in [0.15, 0.2) is 36.4 Å². The molecule has 1 aliphatic carbocycles. The number of anilines is 1. The number of amides is 2. The van der Waals surface area contributed by atoms with Crippen molar-refractivity contribution in [2.24, 2.45) is 5.92 Å². The second kappa shape index (κ2) is 8.60. The van der Waals surface area contributed by atoms with Crippen LogP contribution in [0, 0.1) is 5.92 Å². The van der Waals surface area contributed by atoms with Crippen molar-refractivity contribution in [1.29, 1.82) is 0 Å². The first-order chi connectivity index (χ1) is 14.7. The van der Waals surface area contributed by atoms with Crippen LogP contribution in [0.2, 0.25) is 0 Å². The molecule has 0 radical (unpaired) electrons. The van der Waals surface area contributed by atoms with Gasteiger partial charge in [0.15, 0.2) is 0 Å². The highest BCUT2D eigenvalue weighted by Crippen LogP contribution is 2.32. The zero-order valence-corrected chi connectivity index (χ0v) is 18.9. The molecule has 2 aliphatic rings. The summed E-state index contributed by atoms with van der Waals surface area (Å²) < 4.78 is 5.86. The van der Waals surface area contributed by atoms with Crippen molar-refractivity contribution >= 4 is 28.3 Å². The smallest absolute Gasteiger partial charge is 0.253 e. The number of hydrogen-bond acceptors (Lipinski definition) is 4. The maximum absolute atomic E-state index is 13.2. The van der Waals surface area contributed by atoms with Gasteiger partial charge in [-0.2, -0.15) is 0 Å². The number of benzene rings is 2. The average molecular weight is 424 g/mol. The van der Waals surface area contributed by atoms with Gasteiger partial charge in [-0.3, -0.25) is 14.5 Å². The predicted molar refractivity (Wildman–Crippen MR) is 123 cm³/mol. The zero-order valence-electron chi connectivity index (χ0n) is 18.9. The van der Waals surface area contributed by atoms with Crippen LogP contribution in [0.5, 0.6) is 0 Å². The molecule has 2 aromatic carbocycles. The van der Waals surface area contributed by atoms with Gasteiger partial charge in [0, 0.05) is 31.1 Å². The molecule has 2 atom stereocenters. The Morgan fingerprint density at radius 3 is 2.29 bits per heavy atom. The number of nitrogens with one attached hydrogen (secondary N) is 2. The molecule has 2 amide bonds. The second-order valence-electron chi connectivity index (χ2n) is 9.67. The number of nitrogens with zero attached hydrogens (tertiary/aromatic N) is 1. The first kappa shape index (κ1) is 21.8. The van der Waals surface area contributed by atoms with Crippen LogP contribution in [0.25, 0.3) is 10.8 Å². The van der Waals surface area contributed by atoms with Crippen molar-refractivity contribution in [3.05, 3.63) is 42.0 Å². The maximum atomic E-state index is 13.2. The van der Waals surface area contributed by atoms with E-state index in [0.29, 0.717) is 17.8 Å². The minimum atomic E-state index is -0.212. The van der Waals surface area contributed by atoms with E-state index in [2.05, 4.69) is 43.2 Å². The molecule has 1 heterocycles. The molecule has 0 unspecified atom stereocenters. The molecule has 0 spiro atoms. The summed E-state index contributed by atoms with van der Waals surface area (Å²) in [5, 5.41) is 8.09. The van der Waals surface area contributed by atoms with Crippen LogP contribution in [-0.4, -0.2) is 54.1 Å². The summed E-state index contributed by atoms with van der Waals surface area (Å²) in [5.74, 6) is -0.0909. The largest absolute Gasteiger partial charge is 0.373 e. The molecular weight excluding hydrogens is 390 g/mol. The van der Waals surface area contributed by atoms with Crippen molar-refractivity contribution in [3.63, 3.8) is 0 Å². The Kier molecular flexibility index (Phi) is 6.04. The SMILES string of the molecule is C[C@@H]1CN(C(C)(C)CNC(=O)c2cc3ccccc3cc2NC(=O)C2CC2)C[C@H](C)O1. The van der Waals surface area contributed by atoms with Gasteiger partial charge in [-0.25, -0.2) is 0 Å². The summed E-state index contributed by atoms with van der Waals surface area (Å²) in [6.07, 6.45) is 2.18. The highest BCUT2D eigenvalue weighted by molar-refractivity contribution is 6.08. The molecule has 166 valence electrons. The Balaban J connectivity index is 1.52. The van der Waals surface area contributed by atoms with E-state index < -0.39 is 0 Å². The van der Waals surface area contributed by atoms with Crippen LogP contribution in [0.3, 0.4) is 0 Å². The number of carbonyl (C=O) groups excluding carboxylic acids is 2. The number of carbonyl (C=O) groups is 2. The topological polar surface area (TPSA) is 70.7 Å². The molecule has 1 saturated heterocycles. The molecule has 2 aromatic rings. The molecule has 1 aliphatic heterocycles. The normalized spacial score (nSPS) is 22.3. The fourth-order valence-electron chi connectivity index (χ4n) is 4.29. The van der Waals surface area contributed by atoms with Crippen LogP contribution in [-0.2, 0) is 9.53 Å². The minimum Gasteiger partial charge on any atom is -0.373 e. The summed E-state index contributed by atoms with van der Waals surface area (Å²) in [7, 11) is 0. The van der Waals surface area contributed by atoms with Crippen LogP contribution < -0.4 is 10.6 Å². The van der Waals surface area contributed by atoms with Crippen molar-refractivity contribution in [3.8, 4) is 0 Å². The quantitative estimate of drug-likeness (QED) is 0.741. The summed E-state index contributed by atoms with van der Waals surface area (Å²) in [6, 6.07) is 11.7. The number of hydrogen-bond donors (Lipinski definition) is 2. The van der Waals surface area contributed by atoms with E-state index in [-0.39, 0.29) is 35.5 Å². The van der Waals surface area contributed by atoms with E-state index in [0.717, 1.165) is 36.7 Å². The predicted octanol–water partition coefficient (Wildman–Crippen LogP) is 3.81. The Bertz CT molecular complexity index is 973. The summed E-state index contributed by atoms with van der Waals surface area (Å²) in [4.78, 5) is 28.0. The third kappa shape index (κ3) is 5.08. The van der Waals surface area contributed by atoms with Gasteiger partial charge in [-0.05, 0) is 63.4 Å². The Morgan fingerprint density at radius 2 is 1.68 bits per heavy atom. The van der Waals surface area contributed by atoms with Crippen LogP contribution in [0.1, 0.15) is 50.9 Å². The van der Waals surface area contributed by atoms with Crippen LogP contribution >= 0.6 is 0 Å². The second-order valence-corrected chi connectivity index (χ2v) is 9.67. The number of fused-ring (bicyclic) bond motifs is 1. The van der Waals surface area contributed by atoms with E-state index in [1.54, 1.807) is 0 Å². The minimum absolute atomic E-state index is 0.000882. The van der Waals surface area contributed by atoms with Crippen molar-refractivity contribution < 1.29 is 14.3 Å². The molecule has 0 bridgehead atoms. The van der Waals surface area contributed by atoms with E-state index in [9.17, 15) is 9.59 Å². The van der Waals surface area contributed by atoms with Gasteiger partial charge in [-0.1, -0.05) is 24.3 Å². The first-order valence-corrected chi connectivity index (χ1v) is 11.3. The van der Waals surface area contributed by atoms with E-state index in [1.165, 1.54) is 0 Å². The lowest BCUT2D eigenvalue weighted by atomic mass is 9.99. The van der Waals surface area contributed by atoms with Gasteiger partial charge in [-0.15, -0.1) is 0 Å². The summed E-state index contributed by atoms with van der Waals surface area (Å²) >= 11 is 0. The Labute approximate surface area is 184 Å². The Hall–Kier alpha value is -2.44. The van der Waals surface area contributed by atoms with Gasteiger partial charge >= 0.3 is 0 Å². The standard InChI is InChI=1S/C25H33N3O3/c1-16-13-28(14-17(2)31-16)25(3,4)15-26-24(30)21-11-19-7-5-6-8-20(19)12-22(21)27-23(29)18-9-10-18/h5-8,11-12,16-18H,9-10,13-15H2,1-4H3,(H,26,30)(H,27,29)/t16-,17+. The van der Waals surface area contributed by atoms with Crippen LogP contribution in [0.4, 0.5) is 5.69 Å². The molecular formula is C25H33N3O3. The van der Waals surface area contributed by atoms with Gasteiger partial charge in [0.05, 0.1) is 23.5 Å². The molecule has 1 saturated carbocycles. The lowest BCUT2D eigenvalue weighted by Gasteiger charge is -2.45. The van der Waals surface area contributed by atoms with Gasteiger partial charge in [0.1, 0.15) is 0 Å². The first-order valence-electron chi connectivity index (χ1n) is 11.3. The highest BCUT2D eigenvalue weighted by atomic mass is 16.5. The zero-order chi connectivity index (χ0) is 22.2. The monoisotopic (exact) mass is 423 g/mol. The lowest BCUT2D eigenvalue weighted by Crippen LogP contribution is -2.58. The molecule has 2 fully saturated rings. The number of morpholine rings is 1. The molecule has 2 N–H and O–H groups in total. The van der Waals surface area contributed by atoms with Gasteiger partial charge in [0.2, 0.25) is 5.91 Å².